The quantitative estimate of drug-likeness (QED) is 0.745. The molecule has 7 nitrogen and oxygen atoms in total. The predicted molar refractivity (Wildman–Crippen MR) is 91.6 cm³/mol. The van der Waals surface area contributed by atoms with Gasteiger partial charge in [0.25, 0.3) is 5.91 Å². The van der Waals surface area contributed by atoms with Crippen molar-refractivity contribution in [1.82, 2.24) is 24.9 Å². The molecule has 1 aliphatic heterocycles. The van der Waals surface area contributed by atoms with Crippen LogP contribution in [0.1, 0.15) is 33.4 Å². The van der Waals surface area contributed by atoms with Crippen molar-refractivity contribution in [2.45, 2.75) is 18.8 Å². The van der Waals surface area contributed by atoms with E-state index in [1.165, 1.54) is 27.7 Å². The van der Waals surface area contributed by atoms with Crippen molar-refractivity contribution < 1.29 is 22.7 Å². The number of aryl methyl sites for hydroxylation is 1. The van der Waals surface area contributed by atoms with Gasteiger partial charge in [-0.2, -0.15) is 23.4 Å². The number of fused-ring (bicyclic) bond motifs is 1. The number of amides is 1. The molecule has 3 aromatic rings. The van der Waals surface area contributed by atoms with E-state index < -0.39 is 17.8 Å². The first kappa shape index (κ1) is 18.2. The number of carbonyl (C=O) groups excluding carboxylic acids is 1. The van der Waals surface area contributed by atoms with Crippen LogP contribution >= 0.6 is 0 Å². The molecule has 0 aliphatic carbocycles. The Balaban J connectivity index is 1.59. The van der Waals surface area contributed by atoms with Crippen LogP contribution < -0.4 is 5.32 Å². The average molecular weight is 391 g/mol. The van der Waals surface area contributed by atoms with Gasteiger partial charge in [0.05, 0.1) is 42.4 Å². The lowest BCUT2D eigenvalue weighted by Crippen LogP contribution is -2.35. The minimum Gasteiger partial charge on any atom is -0.373 e. The lowest BCUT2D eigenvalue weighted by Gasteiger charge is -2.24. The SMILES string of the molecule is Cn1nccc1C(=O)N[C@H]1COCc2c1cnn2-c1ccc(C(F)(F)F)cc1. The number of rotatable bonds is 3. The number of benzene rings is 1. The second-order valence-electron chi connectivity index (χ2n) is 6.38. The molecule has 4 rings (SSSR count). The highest BCUT2D eigenvalue weighted by atomic mass is 19.4. The number of halogens is 3. The molecule has 0 saturated carbocycles. The Morgan fingerprint density at radius 1 is 1.21 bits per heavy atom. The summed E-state index contributed by atoms with van der Waals surface area (Å²) in [5.74, 6) is -0.302. The highest BCUT2D eigenvalue weighted by molar-refractivity contribution is 5.92. The Bertz CT molecular complexity index is 1010. The van der Waals surface area contributed by atoms with Gasteiger partial charge >= 0.3 is 6.18 Å². The van der Waals surface area contributed by atoms with Gasteiger partial charge in [0.15, 0.2) is 0 Å². The van der Waals surface area contributed by atoms with E-state index in [4.69, 9.17) is 4.74 Å². The second-order valence-corrected chi connectivity index (χ2v) is 6.38. The summed E-state index contributed by atoms with van der Waals surface area (Å²) >= 11 is 0. The largest absolute Gasteiger partial charge is 0.416 e. The first-order valence-corrected chi connectivity index (χ1v) is 8.45. The lowest BCUT2D eigenvalue weighted by atomic mass is 10.1. The van der Waals surface area contributed by atoms with Crippen molar-refractivity contribution >= 4 is 5.91 Å². The summed E-state index contributed by atoms with van der Waals surface area (Å²) in [6.45, 7) is 0.518. The van der Waals surface area contributed by atoms with Gasteiger partial charge in [-0.3, -0.25) is 9.48 Å². The molecular weight excluding hydrogens is 375 g/mol. The fourth-order valence-electron chi connectivity index (χ4n) is 3.15. The van der Waals surface area contributed by atoms with Gasteiger partial charge in [-0.15, -0.1) is 0 Å². The Hall–Kier alpha value is -3.14. The van der Waals surface area contributed by atoms with Crippen LogP contribution in [0.4, 0.5) is 13.2 Å². The fourth-order valence-corrected chi connectivity index (χ4v) is 3.15. The highest BCUT2D eigenvalue weighted by Crippen LogP contribution is 2.31. The predicted octanol–water partition coefficient (Wildman–Crippen LogP) is 2.63. The molecule has 0 radical (unpaired) electrons. The summed E-state index contributed by atoms with van der Waals surface area (Å²) < 4.78 is 46.9. The molecule has 10 heteroatoms. The number of hydrogen-bond acceptors (Lipinski definition) is 4. The molecule has 1 atom stereocenters. The second kappa shape index (κ2) is 6.79. The van der Waals surface area contributed by atoms with E-state index in [1.807, 2.05) is 0 Å². The van der Waals surface area contributed by atoms with E-state index in [9.17, 15) is 18.0 Å². The van der Waals surface area contributed by atoms with Crippen molar-refractivity contribution in [2.75, 3.05) is 6.61 Å². The summed E-state index contributed by atoms with van der Waals surface area (Å²) in [6, 6.07) is 5.91. The first-order chi connectivity index (χ1) is 13.3. The molecule has 1 N–H and O–H groups in total. The van der Waals surface area contributed by atoms with E-state index in [0.29, 0.717) is 17.1 Å². The van der Waals surface area contributed by atoms with Crippen LogP contribution in [0.3, 0.4) is 0 Å². The third-order valence-electron chi connectivity index (χ3n) is 4.60. The molecule has 0 unspecified atom stereocenters. The van der Waals surface area contributed by atoms with E-state index in [0.717, 1.165) is 17.7 Å². The Labute approximate surface area is 157 Å². The van der Waals surface area contributed by atoms with E-state index in [2.05, 4.69) is 15.5 Å². The van der Waals surface area contributed by atoms with Gasteiger partial charge in [0.2, 0.25) is 0 Å². The molecule has 2 aromatic heterocycles. The van der Waals surface area contributed by atoms with Crippen molar-refractivity contribution in [2.24, 2.45) is 7.05 Å². The zero-order valence-corrected chi connectivity index (χ0v) is 14.8. The number of aromatic nitrogens is 4. The number of carbonyl (C=O) groups is 1. The van der Waals surface area contributed by atoms with E-state index in [-0.39, 0.29) is 19.1 Å². The van der Waals surface area contributed by atoms with Crippen molar-refractivity contribution in [3.05, 3.63) is 65.2 Å². The maximum Gasteiger partial charge on any atom is 0.416 e. The molecular formula is C18H16F3N5O2. The monoisotopic (exact) mass is 391 g/mol. The maximum atomic E-state index is 12.8. The van der Waals surface area contributed by atoms with Gasteiger partial charge in [-0.1, -0.05) is 0 Å². The molecule has 1 amide bonds. The summed E-state index contributed by atoms with van der Waals surface area (Å²) in [5, 5.41) is 11.1. The van der Waals surface area contributed by atoms with Gasteiger partial charge in [0, 0.05) is 18.8 Å². The number of ether oxygens (including phenoxy) is 1. The van der Waals surface area contributed by atoms with Crippen molar-refractivity contribution in [3.63, 3.8) is 0 Å². The van der Waals surface area contributed by atoms with Crippen LogP contribution in [0.5, 0.6) is 0 Å². The highest BCUT2D eigenvalue weighted by Gasteiger charge is 2.31. The molecule has 0 saturated heterocycles. The Kier molecular flexibility index (Phi) is 4.42. The molecule has 28 heavy (non-hydrogen) atoms. The maximum absolute atomic E-state index is 12.8. The van der Waals surface area contributed by atoms with Gasteiger partial charge in [-0.25, -0.2) is 4.68 Å². The van der Waals surface area contributed by atoms with Crippen LogP contribution in [-0.4, -0.2) is 32.1 Å². The topological polar surface area (TPSA) is 74.0 Å². The molecule has 3 heterocycles. The first-order valence-electron chi connectivity index (χ1n) is 8.45. The Morgan fingerprint density at radius 2 is 1.96 bits per heavy atom. The number of alkyl halides is 3. The number of nitrogens with zero attached hydrogens (tertiary/aromatic N) is 4. The zero-order valence-electron chi connectivity index (χ0n) is 14.8. The van der Waals surface area contributed by atoms with Crippen LogP contribution in [0, 0.1) is 0 Å². The summed E-state index contributed by atoms with van der Waals surface area (Å²) in [6.07, 6.45) is -1.27. The summed E-state index contributed by atoms with van der Waals surface area (Å²) in [5.41, 5.74) is 1.61. The Morgan fingerprint density at radius 3 is 2.61 bits per heavy atom. The number of nitrogens with one attached hydrogen (secondary N) is 1. The summed E-state index contributed by atoms with van der Waals surface area (Å²) in [4.78, 5) is 12.5. The smallest absolute Gasteiger partial charge is 0.373 e. The van der Waals surface area contributed by atoms with Crippen LogP contribution in [0.25, 0.3) is 5.69 Å². The van der Waals surface area contributed by atoms with E-state index >= 15 is 0 Å². The minimum atomic E-state index is -4.40. The van der Waals surface area contributed by atoms with Crippen LogP contribution in [0.2, 0.25) is 0 Å². The lowest BCUT2D eigenvalue weighted by molar-refractivity contribution is -0.137. The van der Waals surface area contributed by atoms with Crippen molar-refractivity contribution in [3.8, 4) is 5.69 Å². The molecule has 1 aromatic carbocycles. The van der Waals surface area contributed by atoms with Gasteiger partial charge in [0.1, 0.15) is 5.69 Å². The normalized spacial score (nSPS) is 16.6. The minimum absolute atomic E-state index is 0.244. The molecule has 0 bridgehead atoms. The third-order valence-corrected chi connectivity index (χ3v) is 4.60. The van der Waals surface area contributed by atoms with Gasteiger partial charge < -0.3 is 10.1 Å². The molecule has 1 aliphatic rings. The average Bonchev–Trinajstić information content (AvgIpc) is 3.28. The fraction of sp³-hybridized carbons (Fsp3) is 0.278. The van der Waals surface area contributed by atoms with Crippen LogP contribution in [0.15, 0.2) is 42.7 Å². The zero-order chi connectivity index (χ0) is 19.9. The summed E-state index contributed by atoms with van der Waals surface area (Å²) in [7, 11) is 1.67. The standard InChI is InChI=1S/C18H16F3N5O2/c1-25-15(6-7-22-25)17(27)24-14-9-28-10-16-13(14)8-23-26(16)12-4-2-11(3-5-12)18(19,20)21/h2-8,14H,9-10H2,1H3,(H,24,27)/t14-/m0/s1. The third kappa shape index (κ3) is 3.26. The molecule has 146 valence electrons. The molecule has 0 spiro atoms. The van der Waals surface area contributed by atoms with Crippen molar-refractivity contribution in [1.29, 1.82) is 0 Å². The molecule has 0 fully saturated rings. The van der Waals surface area contributed by atoms with E-state index in [1.54, 1.807) is 19.3 Å². The number of hydrogen-bond donors (Lipinski definition) is 1. The van der Waals surface area contributed by atoms with Crippen LogP contribution in [-0.2, 0) is 24.6 Å². The van der Waals surface area contributed by atoms with Gasteiger partial charge in [-0.05, 0) is 30.3 Å².